The lowest BCUT2D eigenvalue weighted by Gasteiger charge is -2.31. The van der Waals surface area contributed by atoms with E-state index in [0.717, 1.165) is 61.0 Å². The first-order valence-electron chi connectivity index (χ1n) is 18.5. The van der Waals surface area contributed by atoms with Crippen molar-refractivity contribution in [2.24, 2.45) is 5.84 Å². The lowest BCUT2D eigenvalue weighted by molar-refractivity contribution is -0.122. The molecule has 0 saturated carbocycles. The fourth-order valence-electron chi connectivity index (χ4n) is 5.51. The third-order valence-corrected chi connectivity index (χ3v) is 8.87. The van der Waals surface area contributed by atoms with Crippen LogP contribution in [-0.2, 0) is 48.9 Å². The maximum absolute atomic E-state index is 13.2. The molecule has 2 aromatic rings. The molecule has 0 fully saturated rings. The minimum Gasteiger partial charge on any atom is -0.381 e. The molecular formula is C38H58N5O9P. The van der Waals surface area contributed by atoms with Crippen molar-refractivity contribution in [3.05, 3.63) is 65.2 Å². The van der Waals surface area contributed by atoms with Crippen LogP contribution in [0.2, 0.25) is 0 Å². The zero-order valence-corrected chi connectivity index (χ0v) is 32.0. The summed E-state index contributed by atoms with van der Waals surface area (Å²) in [6.45, 7) is 8.26. The molecule has 3 rings (SSSR count). The Hall–Kier alpha value is -3.46. The third kappa shape index (κ3) is 17.0. The van der Waals surface area contributed by atoms with Gasteiger partial charge >= 0.3 is 0 Å². The van der Waals surface area contributed by atoms with Crippen LogP contribution < -0.4 is 26.8 Å². The smallest absolute Gasteiger partial charge is 0.227 e. The molecule has 0 saturated heterocycles. The molecule has 0 bridgehead atoms. The zero-order chi connectivity index (χ0) is 37.8. The van der Waals surface area contributed by atoms with Gasteiger partial charge < -0.3 is 53.7 Å². The number of hydrogen-bond acceptors (Lipinski definition) is 12. The van der Waals surface area contributed by atoms with Crippen LogP contribution in [0.3, 0.4) is 0 Å². The van der Waals surface area contributed by atoms with E-state index in [1.54, 1.807) is 4.90 Å². The third-order valence-electron chi connectivity index (χ3n) is 8.15. The lowest BCUT2D eigenvalue weighted by Crippen LogP contribution is -2.35. The Bertz CT molecular complexity index is 1380. The molecule has 1 aliphatic rings. The van der Waals surface area contributed by atoms with E-state index in [4.69, 9.17) is 33.8 Å². The van der Waals surface area contributed by atoms with Gasteiger partial charge in [0.05, 0.1) is 89.7 Å². The molecular weight excluding hydrogens is 701 g/mol. The van der Waals surface area contributed by atoms with Crippen LogP contribution in [-0.4, -0.2) is 97.3 Å². The number of aldehydes is 1. The number of nitrogens with one attached hydrogen (secondary N) is 3. The number of carbonyl (C=O) groups excluding carboxylic acids is 3. The largest absolute Gasteiger partial charge is 0.381 e. The fourth-order valence-corrected chi connectivity index (χ4v) is 5.94. The van der Waals surface area contributed by atoms with Crippen molar-refractivity contribution in [1.82, 2.24) is 16.1 Å². The number of fused-ring (bicyclic) bond motifs is 2. The van der Waals surface area contributed by atoms with E-state index >= 15 is 0 Å². The van der Waals surface area contributed by atoms with E-state index in [0.29, 0.717) is 96.9 Å². The quantitative estimate of drug-likeness (QED) is 0.0296. The molecule has 15 heteroatoms. The van der Waals surface area contributed by atoms with Crippen LogP contribution in [0.25, 0.3) is 11.4 Å². The monoisotopic (exact) mass is 759 g/mol. The summed E-state index contributed by atoms with van der Waals surface area (Å²) in [5, 5.41) is 6.43. The predicted octanol–water partition coefficient (Wildman–Crippen LogP) is 4.09. The minimum absolute atomic E-state index is 0.00151. The Labute approximate surface area is 315 Å². The zero-order valence-electron chi connectivity index (χ0n) is 31.0. The van der Waals surface area contributed by atoms with Crippen molar-refractivity contribution < 1.29 is 42.4 Å². The molecule has 1 heterocycles. The number of carbonyl (C=O) groups is 3. The topological polar surface area (TPSA) is 172 Å². The molecule has 294 valence electrons. The summed E-state index contributed by atoms with van der Waals surface area (Å²) in [4.78, 5) is 37.9. The molecule has 53 heavy (non-hydrogen) atoms. The van der Waals surface area contributed by atoms with Gasteiger partial charge in [0.25, 0.3) is 0 Å². The number of anilines is 1. The lowest BCUT2D eigenvalue weighted by atomic mass is 9.95. The summed E-state index contributed by atoms with van der Waals surface area (Å²) in [6, 6.07) is 15.4. The van der Waals surface area contributed by atoms with Gasteiger partial charge in [0.15, 0.2) is 9.03 Å². The highest BCUT2D eigenvalue weighted by Crippen LogP contribution is 2.35. The first-order chi connectivity index (χ1) is 26.1. The molecule has 0 radical (unpaired) electrons. The van der Waals surface area contributed by atoms with Crippen LogP contribution in [0, 0.1) is 0 Å². The second-order valence-corrected chi connectivity index (χ2v) is 12.8. The second-order valence-electron chi connectivity index (χ2n) is 12.0. The van der Waals surface area contributed by atoms with Crippen molar-refractivity contribution in [1.29, 1.82) is 0 Å². The SMILES string of the molecule is CCOPOCCCCCCNC(=O)CCOCCOCCOCCOCCN/C1=C(\NN)c2ccccc2N(C(=O)CCC=O)Cc2ccccc21. The molecule has 1 unspecified atom stereocenters. The van der Waals surface area contributed by atoms with Gasteiger partial charge in [-0.05, 0) is 31.4 Å². The van der Waals surface area contributed by atoms with E-state index in [9.17, 15) is 14.4 Å². The van der Waals surface area contributed by atoms with Crippen molar-refractivity contribution >= 4 is 44.2 Å². The maximum Gasteiger partial charge on any atom is 0.227 e. The summed E-state index contributed by atoms with van der Waals surface area (Å²) in [5.74, 6) is 5.97. The highest BCUT2D eigenvalue weighted by atomic mass is 31.1. The number of unbranched alkanes of at least 4 members (excludes halogenated alkanes) is 3. The molecule has 2 aromatic carbocycles. The number of para-hydroxylation sites is 1. The standard InChI is InChI=1S/C38H58N5O9P/c1-2-51-53-52-21-10-4-3-9-18-40-35(45)17-22-47-24-26-49-28-29-50-27-25-48-23-19-41-37-32-13-6-5-12-31(32)30-43(36(46)16-11-20-44)34-15-8-7-14-33(34)38(37)42-39/h5-8,12-15,20,41-42,53H,2-4,9-11,16-19,21-30,39H2,1H3,(H,40,45)/b38-37-. The number of rotatable bonds is 30. The first kappa shape index (κ1) is 43.9. The van der Waals surface area contributed by atoms with Gasteiger partial charge in [0.1, 0.15) is 6.29 Å². The number of amides is 2. The highest BCUT2D eigenvalue weighted by Gasteiger charge is 2.26. The Balaban J connectivity index is 1.25. The minimum atomic E-state index is -0.133. The van der Waals surface area contributed by atoms with E-state index in [2.05, 4.69) is 16.1 Å². The Morgan fingerprint density at radius 1 is 0.755 bits per heavy atom. The average Bonchev–Trinajstić information content (AvgIpc) is 3.17. The Kier molecular flexibility index (Phi) is 23.3. The average molecular weight is 760 g/mol. The number of benzene rings is 2. The normalized spacial score (nSPS) is 14.0. The van der Waals surface area contributed by atoms with Gasteiger partial charge in [-0.15, -0.1) is 0 Å². The van der Waals surface area contributed by atoms with Gasteiger partial charge in [0.2, 0.25) is 11.8 Å². The van der Waals surface area contributed by atoms with Crippen molar-refractivity contribution in [2.75, 3.05) is 84.1 Å². The number of nitrogens with two attached hydrogens (primary N) is 1. The number of nitrogens with zero attached hydrogens (tertiary/aromatic N) is 1. The summed E-state index contributed by atoms with van der Waals surface area (Å²) in [5.41, 5.74) is 7.65. The Morgan fingerprint density at radius 2 is 1.42 bits per heavy atom. The molecule has 0 aromatic heterocycles. The van der Waals surface area contributed by atoms with E-state index < -0.39 is 0 Å². The van der Waals surface area contributed by atoms with E-state index in [-0.39, 0.29) is 33.7 Å². The summed E-state index contributed by atoms with van der Waals surface area (Å²) in [6.07, 6.45) is 5.48. The van der Waals surface area contributed by atoms with Crippen LogP contribution >= 0.6 is 9.03 Å². The maximum atomic E-state index is 13.2. The molecule has 0 spiro atoms. The van der Waals surface area contributed by atoms with E-state index in [1.807, 2.05) is 55.5 Å². The number of hydrogen-bond donors (Lipinski definition) is 4. The van der Waals surface area contributed by atoms with Crippen LogP contribution in [0.5, 0.6) is 0 Å². The summed E-state index contributed by atoms with van der Waals surface area (Å²) >= 11 is 0. The van der Waals surface area contributed by atoms with Crippen LogP contribution in [0.1, 0.15) is 68.6 Å². The number of hydrazine groups is 1. The molecule has 2 amide bonds. The predicted molar refractivity (Wildman–Crippen MR) is 207 cm³/mol. The molecule has 5 N–H and O–H groups in total. The Morgan fingerprint density at radius 3 is 2.13 bits per heavy atom. The number of ether oxygens (including phenoxy) is 4. The van der Waals surface area contributed by atoms with E-state index in [1.165, 1.54) is 0 Å². The highest BCUT2D eigenvalue weighted by molar-refractivity contribution is 7.26. The van der Waals surface area contributed by atoms with Gasteiger partial charge in [-0.2, -0.15) is 0 Å². The molecule has 1 aliphatic heterocycles. The van der Waals surface area contributed by atoms with Crippen LogP contribution in [0.4, 0.5) is 5.69 Å². The van der Waals surface area contributed by atoms with Gasteiger partial charge in [-0.1, -0.05) is 55.3 Å². The molecule has 1 atom stereocenters. The molecule has 14 nitrogen and oxygen atoms in total. The first-order valence-corrected chi connectivity index (χ1v) is 19.3. The van der Waals surface area contributed by atoms with Crippen molar-refractivity contribution in [3.8, 4) is 0 Å². The molecule has 0 aliphatic carbocycles. The van der Waals surface area contributed by atoms with Crippen molar-refractivity contribution in [2.45, 2.75) is 58.4 Å². The van der Waals surface area contributed by atoms with Gasteiger partial charge in [0, 0.05) is 43.5 Å². The second kappa shape index (κ2) is 28.0. The van der Waals surface area contributed by atoms with Gasteiger partial charge in [-0.25, -0.2) is 0 Å². The van der Waals surface area contributed by atoms with Crippen LogP contribution in [0.15, 0.2) is 48.5 Å². The van der Waals surface area contributed by atoms with Gasteiger partial charge in [-0.3, -0.25) is 15.4 Å². The fraction of sp³-hybridized carbons (Fsp3) is 0.553. The summed E-state index contributed by atoms with van der Waals surface area (Å²) in [7, 11) is 0.128. The summed E-state index contributed by atoms with van der Waals surface area (Å²) < 4.78 is 33.0. The van der Waals surface area contributed by atoms with Crippen molar-refractivity contribution in [3.63, 3.8) is 0 Å².